The van der Waals surface area contributed by atoms with Crippen LogP contribution in [0, 0.1) is 0 Å². The number of amides is 1. The van der Waals surface area contributed by atoms with E-state index in [1.54, 1.807) is 18.6 Å². The number of carbonyl (C=O) groups excluding carboxylic acids is 1. The maximum absolute atomic E-state index is 13.6. The van der Waals surface area contributed by atoms with Gasteiger partial charge in [-0.25, -0.2) is 4.98 Å². The van der Waals surface area contributed by atoms with Gasteiger partial charge in [0.25, 0.3) is 5.91 Å². The number of hydrogen-bond acceptors (Lipinski definition) is 5. The van der Waals surface area contributed by atoms with E-state index in [1.807, 2.05) is 58.2 Å². The van der Waals surface area contributed by atoms with Gasteiger partial charge < -0.3 is 9.80 Å². The molecule has 1 amide bonds. The highest BCUT2D eigenvalue weighted by Gasteiger charge is 2.27. The molecule has 33 heavy (non-hydrogen) atoms. The first-order valence-electron chi connectivity index (χ1n) is 10.8. The van der Waals surface area contributed by atoms with Crippen LogP contribution in [0.3, 0.4) is 0 Å². The number of halogens is 1. The molecule has 8 heteroatoms. The lowest BCUT2D eigenvalue weighted by atomic mass is 10.1. The van der Waals surface area contributed by atoms with Gasteiger partial charge in [-0.3, -0.25) is 14.5 Å². The molecule has 3 heterocycles. The predicted molar refractivity (Wildman–Crippen MR) is 128 cm³/mol. The summed E-state index contributed by atoms with van der Waals surface area (Å²) in [5.41, 5.74) is 3.26. The van der Waals surface area contributed by atoms with E-state index >= 15 is 0 Å². The van der Waals surface area contributed by atoms with Crippen molar-refractivity contribution < 1.29 is 4.79 Å². The summed E-state index contributed by atoms with van der Waals surface area (Å²) in [6.45, 7) is 3.23. The predicted octanol–water partition coefficient (Wildman–Crippen LogP) is 4.00. The van der Waals surface area contributed by atoms with Gasteiger partial charge in [0.1, 0.15) is 11.5 Å². The molecule has 0 atom stereocenters. The van der Waals surface area contributed by atoms with Gasteiger partial charge in [0.15, 0.2) is 0 Å². The Morgan fingerprint density at radius 2 is 1.70 bits per heavy atom. The third-order valence-electron chi connectivity index (χ3n) is 5.74. The van der Waals surface area contributed by atoms with Crippen LogP contribution in [0.4, 0.5) is 5.82 Å². The summed E-state index contributed by atoms with van der Waals surface area (Å²) >= 11 is 6.08. The second-order valence-electron chi connectivity index (χ2n) is 7.92. The smallest absolute Gasteiger partial charge is 0.257 e. The minimum absolute atomic E-state index is 0.0157. The van der Waals surface area contributed by atoms with Gasteiger partial charge in [0.2, 0.25) is 0 Å². The molecule has 0 aliphatic carbocycles. The molecule has 1 saturated heterocycles. The lowest BCUT2D eigenvalue weighted by Crippen LogP contribution is -2.49. The Kier molecular flexibility index (Phi) is 6.04. The van der Waals surface area contributed by atoms with Crippen molar-refractivity contribution in [2.24, 2.45) is 0 Å². The van der Waals surface area contributed by atoms with Crippen molar-refractivity contribution in [1.82, 2.24) is 24.6 Å². The number of rotatable bonds is 5. The van der Waals surface area contributed by atoms with Crippen LogP contribution in [-0.4, -0.2) is 56.7 Å². The maximum Gasteiger partial charge on any atom is 0.257 e. The molecule has 5 rings (SSSR count). The normalized spacial score (nSPS) is 13.8. The van der Waals surface area contributed by atoms with Gasteiger partial charge in [0, 0.05) is 55.4 Å². The Morgan fingerprint density at radius 1 is 0.939 bits per heavy atom. The van der Waals surface area contributed by atoms with Crippen LogP contribution in [-0.2, 0) is 6.54 Å². The Bertz CT molecular complexity index is 1220. The first-order valence-corrected chi connectivity index (χ1v) is 11.2. The van der Waals surface area contributed by atoms with Crippen molar-refractivity contribution in [3.63, 3.8) is 0 Å². The summed E-state index contributed by atoms with van der Waals surface area (Å²) < 4.78 is 1.84. The van der Waals surface area contributed by atoms with Crippen molar-refractivity contribution in [1.29, 1.82) is 0 Å². The van der Waals surface area contributed by atoms with Gasteiger partial charge in [-0.15, -0.1) is 0 Å². The van der Waals surface area contributed by atoms with E-state index in [-0.39, 0.29) is 5.91 Å². The molecular weight excluding hydrogens is 436 g/mol. The fraction of sp³-hybridized carbons (Fsp3) is 0.200. The van der Waals surface area contributed by atoms with E-state index in [0.717, 1.165) is 16.9 Å². The highest BCUT2D eigenvalue weighted by atomic mass is 35.5. The molecular formula is C25H23ClN6O. The van der Waals surface area contributed by atoms with E-state index in [4.69, 9.17) is 16.7 Å². The van der Waals surface area contributed by atoms with Gasteiger partial charge in [-0.1, -0.05) is 54.1 Å². The van der Waals surface area contributed by atoms with Crippen molar-refractivity contribution >= 4 is 23.3 Å². The average molecular weight is 459 g/mol. The molecule has 2 aromatic carbocycles. The summed E-state index contributed by atoms with van der Waals surface area (Å²) in [6, 6.07) is 17.5. The fourth-order valence-corrected chi connectivity index (χ4v) is 4.14. The van der Waals surface area contributed by atoms with E-state index in [1.165, 1.54) is 0 Å². The minimum Gasteiger partial charge on any atom is -0.352 e. The summed E-state index contributed by atoms with van der Waals surface area (Å²) in [4.78, 5) is 26.1. The highest BCUT2D eigenvalue weighted by Crippen LogP contribution is 2.26. The molecule has 4 aromatic rings. The Labute approximate surface area is 197 Å². The van der Waals surface area contributed by atoms with E-state index < -0.39 is 0 Å². The number of anilines is 1. The van der Waals surface area contributed by atoms with Crippen LogP contribution in [0.15, 0.2) is 79.4 Å². The average Bonchev–Trinajstić information content (AvgIpc) is 3.29. The minimum atomic E-state index is -0.0157. The molecule has 166 valence electrons. The zero-order chi connectivity index (χ0) is 22.6. The topological polar surface area (TPSA) is 67.2 Å². The molecule has 2 aromatic heterocycles. The summed E-state index contributed by atoms with van der Waals surface area (Å²) in [7, 11) is 0. The molecule has 0 unspecified atom stereocenters. The molecule has 7 nitrogen and oxygen atoms in total. The van der Waals surface area contributed by atoms with Crippen molar-refractivity contribution in [2.45, 2.75) is 6.54 Å². The molecule has 1 aliphatic heterocycles. The molecule has 0 N–H and O–H groups in total. The van der Waals surface area contributed by atoms with Gasteiger partial charge in [-0.2, -0.15) is 5.10 Å². The van der Waals surface area contributed by atoms with E-state index in [2.05, 4.69) is 27.0 Å². The molecule has 1 aliphatic rings. The molecule has 0 radical (unpaired) electrons. The van der Waals surface area contributed by atoms with Crippen LogP contribution in [0.2, 0.25) is 5.02 Å². The Morgan fingerprint density at radius 3 is 2.39 bits per heavy atom. The van der Waals surface area contributed by atoms with Crippen LogP contribution >= 0.6 is 11.6 Å². The van der Waals surface area contributed by atoms with Crippen molar-refractivity contribution in [3.8, 4) is 11.3 Å². The standard InChI is InChI=1S/C25H23ClN6O/c26-21-8-6-20(7-9-21)24-22(18-32(29-24)17-19-4-2-1-3-5-19)25(33)31-14-12-30(13-15-31)23-16-27-10-11-28-23/h1-11,16,18H,12-15,17H2. The third kappa shape index (κ3) is 4.73. The molecule has 0 saturated carbocycles. The van der Waals surface area contributed by atoms with Crippen LogP contribution < -0.4 is 4.90 Å². The Balaban J connectivity index is 1.40. The summed E-state index contributed by atoms with van der Waals surface area (Å²) in [5.74, 6) is 0.820. The largest absolute Gasteiger partial charge is 0.352 e. The third-order valence-corrected chi connectivity index (χ3v) is 5.99. The Hall–Kier alpha value is -3.71. The highest BCUT2D eigenvalue weighted by molar-refractivity contribution is 6.30. The molecule has 0 bridgehead atoms. The van der Waals surface area contributed by atoms with Crippen LogP contribution in [0.5, 0.6) is 0 Å². The number of carbonyl (C=O) groups is 1. The summed E-state index contributed by atoms with van der Waals surface area (Å²) in [5, 5.41) is 5.43. The first-order chi connectivity index (χ1) is 16.2. The number of piperazine rings is 1. The SMILES string of the molecule is O=C(c1cn(Cc2ccccc2)nc1-c1ccc(Cl)cc1)N1CCN(c2cnccn2)CC1. The second-order valence-corrected chi connectivity index (χ2v) is 8.36. The van der Waals surface area contributed by atoms with Crippen molar-refractivity contribution in [3.05, 3.63) is 95.5 Å². The number of aromatic nitrogens is 4. The number of benzene rings is 2. The van der Waals surface area contributed by atoms with E-state index in [0.29, 0.717) is 49.0 Å². The second kappa shape index (κ2) is 9.42. The zero-order valence-corrected chi connectivity index (χ0v) is 18.8. The van der Waals surface area contributed by atoms with Gasteiger partial charge >= 0.3 is 0 Å². The number of hydrogen-bond donors (Lipinski definition) is 0. The van der Waals surface area contributed by atoms with Crippen molar-refractivity contribution in [2.75, 3.05) is 31.1 Å². The zero-order valence-electron chi connectivity index (χ0n) is 18.0. The quantitative estimate of drug-likeness (QED) is 0.452. The fourth-order valence-electron chi connectivity index (χ4n) is 4.01. The van der Waals surface area contributed by atoms with Crippen LogP contribution in [0.1, 0.15) is 15.9 Å². The molecule has 1 fully saturated rings. The van der Waals surface area contributed by atoms with Crippen LogP contribution in [0.25, 0.3) is 11.3 Å². The monoisotopic (exact) mass is 458 g/mol. The first kappa shape index (κ1) is 21.2. The van der Waals surface area contributed by atoms with Gasteiger partial charge in [0.05, 0.1) is 18.3 Å². The lowest BCUT2D eigenvalue weighted by molar-refractivity contribution is 0.0747. The van der Waals surface area contributed by atoms with E-state index in [9.17, 15) is 4.79 Å². The molecule has 0 spiro atoms. The maximum atomic E-state index is 13.6. The summed E-state index contributed by atoms with van der Waals surface area (Å²) in [6.07, 6.45) is 6.96. The lowest BCUT2D eigenvalue weighted by Gasteiger charge is -2.35. The van der Waals surface area contributed by atoms with Gasteiger partial charge in [-0.05, 0) is 17.7 Å². The number of nitrogens with zero attached hydrogens (tertiary/aromatic N) is 6.